The van der Waals surface area contributed by atoms with E-state index in [9.17, 15) is 54.7 Å². The standard InChI is InChI=1S/2C28H23Cl2F4N3O.C27H26Cl2N4O2.H2O/c29-20-4-6-24-23(15-20)27(17-37(24)26(38)19-7-10-35-25(30)14-19)8-12-36(13-9-27)11-1-2-18-3-5-21(31)16-22(18)28(32,33)34;29-21-5-6-24-22(16-21)27(17-37(24)26(38)19-7-10-35-25(30)14-19)8-12-36(13-9-27)11-1-2-18-3-4-20(15-23(18)31)28(32,33)34;28-21-6-7-24-23(17-21)27(18-33(24)26(34)20-8-11-30-25(29)16-20)9-13-32(14-10-27)12-2-4-19-3-1-5-22(15-19)31-35;/h2*1-7,10,14-16H,8-9,11-13,17H2;1-8,11,15-17H,9-10,12-14,18,31H2;1H2/b2*2-1+;4-2+;. The summed E-state index contributed by atoms with van der Waals surface area (Å²) in [5.74, 6) is -2.23. The minimum atomic E-state index is -4.64. The monoisotopic (exact) mass is 1650 g/mol. The molecule has 0 saturated carbocycles. The molecule has 9 aromatic rings. The number of likely N-dealkylation sites (tertiary alicyclic amines) is 3. The lowest BCUT2D eigenvalue weighted by atomic mass is 9.74. The van der Waals surface area contributed by atoms with Crippen LogP contribution in [0.25, 0.3) is 18.2 Å². The van der Waals surface area contributed by atoms with Crippen molar-refractivity contribution in [1.82, 2.24) is 29.7 Å². The van der Waals surface area contributed by atoms with Crippen molar-refractivity contribution in [3.8, 4) is 0 Å². The Balaban J connectivity index is 0.000000155. The Morgan fingerprint density at radius 1 is 0.446 bits per heavy atom. The Morgan fingerprint density at radius 2 is 0.830 bits per heavy atom. The Bertz CT molecular complexity index is 5070. The van der Waals surface area contributed by atoms with E-state index >= 15 is 0 Å². The number of pyridine rings is 3. The maximum atomic E-state index is 14.1. The minimum absolute atomic E-state index is 0. The van der Waals surface area contributed by atoms with Crippen molar-refractivity contribution in [3.63, 3.8) is 0 Å². The second kappa shape index (κ2) is 35.0. The fourth-order valence-corrected chi connectivity index (χ4v) is 16.8. The van der Waals surface area contributed by atoms with Crippen LogP contribution in [0.5, 0.6) is 0 Å². The zero-order chi connectivity index (χ0) is 78.6. The van der Waals surface area contributed by atoms with Crippen LogP contribution in [-0.2, 0) is 28.6 Å². The van der Waals surface area contributed by atoms with Gasteiger partial charge in [0.25, 0.3) is 17.7 Å². The molecule has 4 N–H and O–H groups in total. The first-order valence-corrected chi connectivity index (χ1v) is 38.0. The molecule has 3 amide bonds. The van der Waals surface area contributed by atoms with Crippen molar-refractivity contribution in [2.45, 2.75) is 67.1 Å². The normalized spacial score (nSPS) is 17.2. The molecule has 29 heteroatoms. The Morgan fingerprint density at radius 3 is 1.20 bits per heavy atom. The summed E-state index contributed by atoms with van der Waals surface area (Å²) in [5.41, 5.74) is 7.17. The first kappa shape index (κ1) is 82.8. The maximum Gasteiger partial charge on any atom is 0.417 e. The number of hydrogen-bond donors (Lipinski definition) is 1. The number of benzene rings is 6. The molecule has 15 rings (SSSR count). The van der Waals surface area contributed by atoms with Crippen LogP contribution in [0, 0.1) is 16.8 Å². The Labute approximate surface area is 671 Å². The molecule has 6 aliphatic heterocycles. The summed E-state index contributed by atoms with van der Waals surface area (Å²) in [4.78, 5) is 64.3. The molecule has 3 aromatic heterocycles. The van der Waals surface area contributed by atoms with E-state index in [1.165, 1.54) is 24.5 Å². The highest BCUT2D eigenvalue weighted by Gasteiger charge is 2.50. The number of aromatic nitrogens is 3. The van der Waals surface area contributed by atoms with Gasteiger partial charge >= 0.3 is 12.4 Å². The Hall–Kier alpha value is -8.66. The van der Waals surface area contributed by atoms with Crippen LogP contribution in [0.1, 0.15) is 114 Å². The molecule has 15 nitrogen and oxygen atoms in total. The summed E-state index contributed by atoms with van der Waals surface area (Å²) in [6.07, 6.45) is 10.8. The largest absolute Gasteiger partial charge is 0.630 e. The molecule has 584 valence electrons. The van der Waals surface area contributed by atoms with Crippen LogP contribution in [0.4, 0.5) is 57.9 Å². The zero-order valence-electron chi connectivity index (χ0n) is 59.9. The van der Waals surface area contributed by atoms with Gasteiger partial charge in [0.15, 0.2) is 0 Å². The third kappa shape index (κ3) is 18.7. The number of halogens is 14. The molecule has 3 fully saturated rings. The smallest absolute Gasteiger partial charge is 0.417 e. The molecule has 6 aliphatic rings. The van der Waals surface area contributed by atoms with E-state index in [0.717, 1.165) is 140 Å². The van der Waals surface area contributed by atoms with Crippen LogP contribution in [-0.4, -0.2) is 131 Å². The molecule has 112 heavy (non-hydrogen) atoms. The predicted octanol–water partition coefficient (Wildman–Crippen LogP) is 18.5. The fourth-order valence-electron chi connectivity index (χ4n) is 15.8. The van der Waals surface area contributed by atoms with Gasteiger partial charge in [-0.2, -0.15) is 26.3 Å². The molecule has 6 aromatic carbocycles. The highest BCUT2D eigenvalue weighted by Crippen LogP contribution is 2.52. The number of carbonyl (C=O) groups is 3. The highest BCUT2D eigenvalue weighted by molar-refractivity contribution is 6.32. The third-order valence-corrected chi connectivity index (χ3v) is 23.0. The van der Waals surface area contributed by atoms with Crippen LogP contribution >= 0.6 is 69.6 Å². The van der Waals surface area contributed by atoms with Gasteiger partial charge in [-0.15, -0.1) is 0 Å². The number of carbonyl (C=O) groups excluding carboxylic acids is 3. The van der Waals surface area contributed by atoms with Crippen LogP contribution in [0.15, 0.2) is 188 Å². The first-order chi connectivity index (χ1) is 53.1. The van der Waals surface area contributed by atoms with Gasteiger partial charge in [-0.3, -0.25) is 29.1 Å². The maximum absolute atomic E-state index is 14.1. The van der Waals surface area contributed by atoms with Gasteiger partial charge in [0.2, 0.25) is 0 Å². The van der Waals surface area contributed by atoms with Gasteiger partial charge in [0.05, 0.1) is 11.1 Å². The minimum Gasteiger partial charge on any atom is -0.630 e. The molecule has 3 spiro atoms. The molecule has 0 unspecified atom stereocenters. The summed E-state index contributed by atoms with van der Waals surface area (Å²) in [6.45, 7) is 8.14. The second-order valence-electron chi connectivity index (χ2n) is 28.5. The zero-order valence-corrected chi connectivity index (χ0v) is 64.4. The number of piperidine rings is 3. The van der Waals surface area contributed by atoms with Crippen molar-refractivity contribution in [3.05, 3.63) is 297 Å². The lowest BCUT2D eigenvalue weighted by molar-refractivity contribution is -0.497. The quantitative estimate of drug-likeness (QED) is 0.0505. The summed E-state index contributed by atoms with van der Waals surface area (Å²) in [5, 5.41) is 13.7. The fraction of sp³-hybridized carbons (Fsp3) is 0.277. The van der Waals surface area contributed by atoms with Crippen molar-refractivity contribution in [2.24, 2.45) is 0 Å². The lowest BCUT2D eigenvalue weighted by Crippen LogP contribution is -2.70. The van der Waals surface area contributed by atoms with E-state index in [-0.39, 0.29) is 60.9 Å². The molecular formula is C83H74Cl6F8N10O5. The topological polar surface area (TPSA) is 180 Å². The van der Waals surface area contributed by atoms with Gasteiger partial charge in [-0.25, -0.2) is 23.7 Å². The number of anilines is 3. The number of amides is 3. The molecular weight excluding hydrogens is 1580 g/mol. The molecule has 0 aliphatic carbocycles. The third-order valence-electron chi connectivity index (χ3n) is 21.6. The van der Waals surface area contributed by atoms with Crippen molar-refractivity contribution >= 4 is 128 Å². The lowest BCUT2D eigenvalue weighted by Gasteiger charge is -2.39. The van der Waals surface area contributed by atoms with Gasteiger partial charge in [0.1, 0.15) is 32.8 Å². The number of rotatable bonds is 13. The SMILES string of the molecule is O.O=C(c1ccnc(Cl)c1)N1CC2(CCN(C/C=C/c3ccc(C(F)(F)F)cc3F)CC2)c2cc(Cl)ccc21.O=C(c1ccnc(Cl)c1)N1CC2(CCN(C/C=C/c3ccc(F)cc3C(F)(F)F)CC2)c2cc(Cl)ccc21.O=C(c1ccnc(Cl)c1)N1CC2(CCN(C/C=C/c3cccc([NH2+][O-])c3)CC2)c2cc(Cl)ccc21. The van der Waals surface area contributed by atoms with Crippen LogP contribution < -0.4 is 20.2 Å². The number of nitrogens with zero attached hydrogens (tertiary/aromatic N) is 9. The number of alkyl halides is 6. The number of quaternary nitrogens is 1. The molecule has 0 radical (unpaired) electrons. The van der Waals surface area contributed by atoms with E-state index in [4.69, 9.17) is 69.6 Å². The number of hydrogen-bond acceptors (Lipinski definition) is 10. The molecule has 3 saturated heterocycles. The average Bonchev–Trinajstić information content (AvgIpc) is 1.59. The average molecular weight is 1660 g/mol. The van der Waals surface area contributed by atoms with Crippen molar-refractivity contribution in [1.29, 1.82) is 0 Å². The summed E-state index contributed by atoms with van der Waals surface area (Å²) < 4.78 is 106. The van der Waals surface area contributed by atoms with E-state index < -0.39 is 35.1 Å². The van der Waals surface area contributed by atoms with E-state index in [0.29, 0.717) is 101 Å². The van der Waals surface area contributed by atoms with Crippen LogP contribution in [0.3, 0.4) is 0 Å². The predicted molar refractivity (Wildman–Crippen MR) is 424 cm³/mol. The highest BCUT2D eigenvalue weighted by atomic mass is 35.5. The van der Waals surface area contributed by atoms with Crippen molar-refractivity contribution < 1.29 is 60.5 Å². The molecule has 0 atom stereocenters. The van der Waals surface area contributed by atoms with E-state index in [1.54, 1.807) is 82.7 Å². The van der Waals surface area contributed by atoms with Gasteiger partial charge < -0.3 is 30.9 Å². The molecule has 9 heterocycles. The van der Waals surface area contributed by atoms with Gasteiger partial charge in [-0.1, -0.05) is 130 Å². The second-order valence-corrected chi connectivity index (χ2v) is 30.9. The van der Waals surface area contributed by atoms with Gasteiger partial charge in [0, 0.05) is 135 Å². The summed E-state index contributed by atoms with van der Waals surface area (Å²) >= 11 is 37.2. The van der Waals surface area contributed by atoms with Gasteiger partial charge in [-0.05, 0) is 227 Å². The summed E-state index contributed by atoms with van der Waals surface area (Å²) in [6, 6.07) is 39.5. The Kier molecular flexibility index (Phi) is 25.9. The van der Waals surface area contributed by atoms with E-state index in [2.05, 4.69) is 41.8 Å². The number of nitrogens with two attached hydrogens (primary N) is 1. The van der Waals surface area contributed by atoms with E-state index in [1.807, 2.05) is 65.6 Å². The first-order valence-electron chi connectivity index (χ1n) is 35.7. The van der Waals surface area contributed by atoms with Crippen molar-refractivity contribution in [2.75, 3.05) is 93.2 Å². The molecule has 0 bridgehead atoms. The van der Waals surface area contributed by atoms with Crippen LogP contribution in [0.2, 0.25) is 30.5 Å². The number of fused-ring (bicyclic) bond motifs is 6. The summed E-state index contributed by atoms with van der Waals surface area (Å²) in [7, 11) is 0.